The number of fused-ring (bicyclic) bond motifs is 8. The zero-order chi connectivity index (χ0) is 31.3. The van der Waals surface area contributed by atoms with Crippen LogP contribution in [0.2, 0.25) is 0 Å². The van der Waals surface area contributed by atoms with E-state index in [-0.39, 0.29) is 27.6 Å². The Kier molecular flexibility index (Phi) is 5.99. The molecule has 5 heteroatoms. The Morgan fingerprint density at radius 2 is 1.50 bits per heavy atom. The first-order valence-electron chi connectivity index (χ1n) is 16.9. The molecule has 1 atom stereocenters. The van der Waals surface area contributed by atoms with Gasteiger partial charge in [-0.1, -0.05) is 0 Å². The maximum atomic E-state index is 6.87. The molecule has 0 spiro atoms. The van der Waals surface area contributed by atoms with Crippen molar-refractivity contribution in [3.05, 3.63) is 144 Å². The molecule has 0 saturated heterocycles. The summed E-state index contributed by atoms with van der Waals surface area (Å²) >= 11 is 2.13. The van der Waals surface area contributed by atoms with E-state index in [1.54, 1.807) is 0 Å². The number of thiophene rings is 1. The summed E-state index contributed by atoms with van der Waals surface area (Å²) in [7, 11) is 0. The molecule has 3 aliphatic heterocycles. The first-order chi connectivity index (χ1) is 23.8. The van der Waals surface area contributed by atoms with Crippen LogP contribution in [0, 0.1) is 0 Å². The molecule has 1 aromatic heterocycles. The number of hydrogen-bond donors (Lipinski definition) is 0. The Morgan fingerprint density at radius 3 is 2.50 bits per heavy atom. The molecule has 1 unspecified atom stereocenters. The van der Waals surface area contributed by atoms with E-state index in [2.05, 4.69) is 121 Å². The third kappa shape index (κ3) is 3.99. The molecule has 228 valence electrons. The summed E-state index contributed by atoms with van der Waals surface area (Å²) in [6.07, 6.45) is 4.53. The number of allylic oxidation sites excluding steroid dienone is 2. The Labute approximate surface area is 290 Å². The number of para-hydroxylation sites is 1. The molecule has 11 rings (SSSR count). The Bertz CT molecular complexity index is 2530. The summed E-state index contributed by atoms with van der Waals surface area (Å²) in [5.41, 5.74) is 10.7. The van der Waals surface area contributed by atoms with Crippen molar-refractivity contribution >= 4 is 78.5 Å². The van der Waals surface area contributed by atoms with Crippen LogP contribution in [0.15, 0.2) is 133 Å². The minimum atomic E-state index is 0.146. The van der Waals surface area contributed by atoms with Crippen LogP contribution in [0.1, 0.15) is 42.7 Å². The van der Waals surface area contributed by atoms with Crippen molar-refractivity contribution in [3.63, 3.8) is 0 Å². The number of rotatable bonds is 2. The minimum absolute atomic E-state index is 0.146. The summed E-state index contributed by atoms with van der Waals surface area (Å²) in [5.74, 6) is 4.38. The third-order valence-corrected chi connectivity index (χ3v) is 14.4. The van der Waals surface area contributed by atoms with E-state index in [1.165, 1.54) is 91.9 Å². The van der Waals surface area contributed by atoms with Crippen molar-refractivity contribution in [2.75, 3.05) is 0 Å². The molecule has 0 amide bonds. The second kappa shape index (κ2) is 10.5. The van der Waals surface area contributed by atoms with Crippen LogP contribution in [-0.4, -0.2) is 21.7 Å². The Morgan fingerprint density at radius 1 is 0.646 bits per heavy atom. The van der Waals surface area contributed by atoms with Crippen LogP contribution in [0.4, 0.5) is 0 Å². The average molecular weight is 700 g/mol. The summed E-state index contributed by atoms with van der Waals surface area (Å²) in [6.45, 7) is 0.146. The summed E-state index contributed by atoms with van der Waals surface area (Å²) in [6, 6.07) is 45.2. The normalized spacial score (nSPS) is 17.2. The van der Waals surface area contributed by atoms with Crippen molar-refractivity contribution < 1.29 is 9.47 Å². The monoisotopic (exact) mass is 700 g/mol. The maximum absolute atomic E-state index is 6.87. The number of hydrogen-bond acceptors (Lipinski definition) is 3. The molecule has 0 N–H and O–H groups in total. The summed E-state index contributed by atoms with van der Waals surface area (Å²) in [5, 5.41) is 2.69. The van der Waals surface area contributed by atoms with Crippen LogP contribution in [0.5, 0.6) is 17.2 Å². The van der Waals surface area contributed by atoms with Crippen molar-refractivity contribution in [2.45, 2.75) is 31.6 Å². The van der Waals surface area contributed by atoms with Crippen LogP contribution in [-0.2, 0) is 0 Å². The topological polar surface area (TPSA) is 18.5 Å². The van der Waals surface area contributed by atoms with Gasteiger partial charge in [-0.05, 0) is 0 Å². The molecule has 48 heavy (non-hydrogen) atoms. The molecule has 0 fully saturated rings. The number of benzene rings is 6. The molecular weight excluding hydrogens is 670 g/mol. The van der Waals surface area contributed by atoms with Gasteiger partial charge < -0.3 is 0 Å². The molecule has 4 heterocycles. The molecule has 7 aromatic rings. The van der Waals surface area contributed by atoms with Crippen molar-refractivity contribution in [1.82, 2.24) is 0 Å². The quantitative estimate of drug-likeness (QED) is 0.173. The second-order valence-electron chi connectivity index (χ2n) is 13.4. The van der Waals surface area contributed by atoms with E-state index in [4.69, 9.17) is 9.47 Å². The van der Waals surface area contributed by atoms with Gasteiger partial charge in [0.2, 0.25) is 0 Å². The molecule has 6 aromatic carbocycles. The van der Waals surface area contributed by atoms with Gasteiger partial charge in [-0.3, -0.25) is 0 Å². The van der Waals surface area contributed by atoms with Crippen molar-refractivity contribution in [3.8, 4) is 28.4 Å². The fourth-order valence-electron chi connectivity index (χ4n) is 8.60. The van der Waals surface area contributed by atoms with Gasteiger partial charge in [0.1, 0.15) is 0 Å². The molecule has 2 nitrogen and oxygen atoms in total. The van der Waals surface area contributed by atoms with Crippen molar-refractivity contribution in [1.29, 1.82) is 0 Å². The van der Waals surface area contributed by atoms with Gasteiger partial charge in [0.15, 0.2) is 0 Å². The predicted molar refractivity (Wildman–Crippen MR) is 202 cm³/mol. The number of ether oxygens (including phenoxy) is 2. The second-order valence-corrected chi connectivity index (χ2v) is 16.7. The van der Waals surface area contributed by atoms with E-state index in [1.807, 2.05) is 11.3 Å². The first kappa shape index (κ1) is 27.4. The summed E-state index contributed by atoms with van der Waals surface area (Å²) < 4.78 is 19.0. The zero-order valence-corrected chi connectivity index (χ0v) is 28.7. The molecule has 0 saturated carbocycles. The van der Waals surface area contributed by atoms with Gasteiger partial charge in [0, 0.05) is 0 Å². The van der Waals surface area contributed by atoms with Gasteiger partial charge in [0.25, 0.3) is 0 Å². The van der Waals surface area contributed by atoms with Gasteiger partial charge >= 0.3 is 292 Å². The SMILES string of the molecule is c1ccc2c(c1)OC1=C(CCCC1)C2c1ccc2c(c1)Oc1cccc3c1B2c1cc(-c2cccc4c2sc2ccccc24)ccc1[Se]3. The standard InChI is InChI=1S/C43H29BO2SSe/c1-4-14-34-30(10-1)41(31-11-2-5-15-35(31)45-34)26-19-21-32-37(24-26)46-36-16-8-18-40-42(36)44(32)33-23-25(20-22-39(33)48-40)27-12-7-13-29-28-9-3-6-17-38(28)47-43(27)29/h1,3-4,6-10,12-14,16-24,41H,2,5,11,15H2. The summed E-state index contributed by atoms with van der Waals surface area (Å²) in [4.78, 5) is 0. The fourth-order valence-corrected chi connectivity index (χ4v) is 12.2. The predicted octanol–water partition coefficient (Wildman–Crippen LogP) is 7.66. The van der Waals surface area contributed by atoms with Crippen LogP contribution in [0.3, 0.4) is 0 Å². The molecular formula is C43H29BO2SSe. The van der Waals surface area contributed by atoms with E-state index in [9.17, 15) is 0 Å². The Balaban J connectivity index is 1.08. The van der Waals surface area contributed by atoms with Crippen LogP contribution < -0.4 is 34.8 Å². The van der Waals surface area contributed by atoms with Gasteiger partial charge in [-0.2, -0.15) is 0 Å². The van der Waals surface area contributed by atoms with E-state index in [0.717, 1.165) is 30.1 Å². The fraction of sp³-hybridized carbons (Fsp3) is 0.116. The molecule has 0 bridgehead atoms. The van der Waals surface area contributed by atoms with Crippen molar-refractivity contribution in [2.24, 2.45) is 0 Å². The van der Waals surface area contributed by atoms with E-state index >= 15 is 0 Å². The zero-order valence-electron chi connectivity index (χ0n) is 26.2. The van der Waals surface area contributed by atoms with Gasteiger partial charge in [-0.25, -0.2) is 0 Å². The van der Waals surface area contributed by atoms with Crippen LogP contribution in [0.25, 0.3) is 31.3 Å². The first-order valence-corrected chi connectivity index (χ1v) is 19.5. The van der Waals surface area contributed by atoms with E-state index < -0.39 is 0 Å². The molecule has 0 radical (unpaired) electrons. The van der Waals surface area contributed by atoms with Crippen LogP contribution >= 0.6 is 11.3 Å². The van der Waals surface area contributed by atoms with Gasteiger partial charge in [0.05, 0.1) is 0 Å². The Hall–Kier alpha value is -4.54. The molecule has 1 aliphatic carbocycles. The van der Waals surface area contributed by atoms with E-state index in [0.29, 0.717) is 0 Å². The molecule has 4 aliphatic rings. The van der Waals surface area contributed by atoms with Gasteiger partial charge in [-0.15, -0.1) is 0 Å². The third-order valence-electron chi connectivity index (χ3n) is 10.7. The average Bonchev–Trinajstić information content (AvgIpc) is 3.52.